The van der Waals surface area contributed by atoms with Crippen LogP contribution in [0.5, 0.6) is 0 Å². The Morgan fingerprint density at radius 2 is 1.90 bits per heavy atom. The normalized spacial score (nSPS) is 17.1. The molecule has 2 rings (SSSR count). The van der Waals surface area contributed by atoms with Gasteiger partial charge in [0.1, 0.15) is 0 Å². The molecule has 1 heterocycles. The lowest BCUT2D eigenvalue weighted by Crippen LogP contribution is -2.49. The highest BCUT2D eigenvalue weighted by atomic mass is 127. The van der Waals surface area contributed by atoms with Crippen molar-refractivity contribution in [2.45, 2.75) is 58.2 Å². The largest absolute Gasteiger partial charge is 0.357 e. The highest BCUT2D eigenvalue weighted by Gasteiger charge is 2.22. The number of nitrogens with zero attached hydrogens (tertiary/aromatic N) is 3. The van der Waals surface area contributed by atoms with E-state index in [9.17, 15) is 8.78 Å². The number of guanidine groups is 1. The first-order valence-electron chi connectivity index (χ1n) is 10.8. The van der Waals surface area contributed by atoms with Crippen LogP contribution in [0.15, 0.2) is 35.3 Å². The van der Waals surface area contributed by atoms with Crippen molar-refractivity contribution in [1.82, 2.24) is 20.4 Å². The molecular formula is C22H38F2IN5. The smallest absolute Gasteiger partial charge is 0.251 e. The fourth-order valence-electron chi connectivity index (χ4n) is 3.58. The second-order valence-corrected chi connectivity index (χ2v) is 7.91. The van der Waals surface area contributed by atoms with E-state index in [0.29, 0.717) is 25.2 Å². The van der Waals surface area contributed by atoms with Crippen LogP contribution in [0, 0.1) is 0 Å². The summed E-state index contributed by atoms with van der Waals surface area (Å²) in [6.45, 7) is 8.08. The summed E-state index contributed by atoms with van der Waals surface area (Å²) in [6, 6.07) is 11.2. The fraction of sp³-hybridized carbons (Fsp3) is 0.682. The molecule has 1 aromatic rings. The zero-order chi connectivity index (χ0) is 21.1. The Bertz CT molecular complexity index is 594. The maximum Gasteiger partial charge on any atom is 0.251 e. The molecule has 1 fully saturated rings. The predicted octanol–water partition coefficient (Wildman–Crippen LogP) is 3.80. The standard InChI is InChI=1S/C22H37F2N5.HI/c1-4-25-22(27-20-11-14-29(15-12-20)17-21(23)24)26-13-10-18(2)28(3)16-19-8-6-5-7-9-19;/h5-9,18,20-21H,4,10-17H2,1-3H3,(H2,25,26,27);1H. The summed E-state index contributed by atoms with van der Waals surface area (Å²) in [6.07, 6.45) is 0.466. The first-order valence-corrected chi connectivity index (χ1v) is 10.8. The highest BCUT2D eigenvalue weighted by molar-refractivity contribution is 14.0. The molecule has 2 N–H and O–H groups in total. The first kappa shape index (κ1) is 27.0. The van der Waals surface area contributed by atoms with Crippen LogP contribution in [-0.4, -0.2) is 74.0 Å². The van der Waals surface area contributed by atoms with E-state index in [-0.39, 0.29) is 30.5 Å². The Kier molecular flexibility index (Phi) is 13.4. The number of hydrogen-bond donors (Lipinski definition) is 2. The average molecular weight is 537 g/mol. The Hall–Kier alpha value is -1.00. The Morgan fingerprint density at radius 3 is 2.50 bits per heavy atom. The van der Waals surface area contributed by atoms with Gasteiger partial charge in [0, 0.05) is 44.8 Å². The van der Waals surface area contributed by atoms with E-state index >= 15 is 0 Å². The van der Waals surface area contributed by atoms with Gasteiger partial charge in [0.2, 0.25) is 0 Å². The molecular weight excluding hydrogens is 499 g/mol. The SMILES string of the molecule is CCNC(=NCCC(C)N(C)Cc1ccccc1)NC1CCN(CC(F)F)CC1.I. The van der Waals surface area contributed by atoms with Crippen LogP contribution in [-0.2, 0) is 6.54 Å². The van der Waals surface area contributed by atoms with E-state index in [4.69, 9.17) is 4.99 Å². The van der Waals surface area contributed by atoms with E-state index in [2.05, 4.69) is 60.7 Å². The first-order chi connectivity index (χ1) is 14.0. The molecule has 5 nitrogen and oxygen atoms in total. The van der Waals surface area contributed by atoms with Gasteiger partial charge < -0.3 is 10.6 Å². The topological polar surface area (TPSA) is 42.9 Å². The van der Waals surface area contributed by atoms with Crippen molar-refractivity contribution < 1.29 is 8.78 Å². The molecule has 1 atom stereocenters. The molecule has 0 aromatic heterocycles. The van der Waals surface area contributed by atoms with Gasteiger partial charge in [-0.3, -0.25) is 14.8 Å². The average Bonchev–Trinajstić information content (AvgIpc) is 2.70. The van der Waals surface area contributed by atoms with E-state index in [1.54, 1.807) is 0 Å². The molecule has 8 heteroatoms. The monoisotopic (exact) mass is 537 g/mol. The number of alkyl halides is 2. The molecule has 0 saturated carbocycles. The maximum atomic E-state index is 12.5. The van der Waals surface area contributed by atoms with Gasteiger partial charge in [-0.2, -0.15) is 0 Å². The minimum atomic E-state index is -2.25. The zero-order valence-corrected chi connectivity index (χ0v) is 20.8. The summed E-state index contributed by atoms with van der Waals surface area (Å²) >= 11 is 0. The Morgan fingerprint density at radius 1 is 1.23 bits per heavy atom. The molecule has 1 unspecified atom stereocenters. The second-order valence-electron chi connectivity index (χ2n) is 7.91. The zero-order valence-electron chi connectivity index (χ0n) is 18.5. The number of nitrogens with one attached hydrogen (secondary N) is 2. The minimum Gasteiger partial charge on any atom is -0.357 e. The van der Waals surface area contributed by atoms with Crippen molar-refractivity contribution >= 4 is 29.9 Å². The molecule has 0 radical (unpaired) electrons. The van der Waals surface area contributed by atoms with Crippen molar-refractivity contribution in [2.24, 2.45) is 4.99 Å². The summed E-state index contributed by atoms with van der Waals surface area (Å²) in [5, 5.41) is 6.79. The highest BCUT2D eigenvalue weighted by Crippen LogP contribution is 2.12. The molecule has 30 heavy (non-hydrogen) atoms. The van der Waals surface area contributed by atoms with Crippen LogP contribution < -0.4 is 10.6 Å². The molecule has 1 aliphatic heterocycles. The van der Waals surface area contributed by atoms with Crippen LogP contribution in [0.1, 0.15) is 38.7 Å². The summed E-state index contributed by atoms with van der Waals surface area (Å²) < 4.78 is 25.0. The number of halogens is 3. The van der Waals surface area contributed by atoms with Gasteiger partial charge in [-0.1, -0.05) is 30.3 Å². The molecule has 0 spiro atoms. The maximum absolute atomic E-state index is 12.5. The molecule has 0 bridgehead atoms. The van der Waals surface area contributed by atoms with Crippen LogP contribution in [0.25, 0.3) is 0 Å². The molecule has 172 valence electrons. The van der Waals surface area contributed by atoms with Gasteiger partial charge in [-0.05, 0) is 45.7 Å². The van der Waals surface area contributed by atoms with E-state index in [1.165, 1.54) is 5.56 Å². The number of benzene rings is 1. The van der Waals surface area contributed by atoms with Crippen LogP contribution in [0.2, 0.25) is 0 Å². The minimum absolute atomic E-state index is 0. The van der Waals surface area contributed by atoms with Gasteiger partial charge in [0.05, 0.1) is 6.54 Å². The van der Waals surface area contributed by atoms with Crippen molar-refractivity contribution in [3.05, 3.63) is 35.9 Å². The predicted molar refractivity (Wildman–Crippen MR) is 132 cm³/mol. The lowest BCUT2D eigenvalue weighted by atomic mass is 10.1. The lowest BCUT2D eigenvalue weighted by molar-refractivity contribution is 0.0744. The summed E-state index contributed by atoms with van der Waals surface area (Å²) in [4.78, 5) is 8.93. The Labute approximate surface area is 197 Å². The number of aliphatic imine (C=N–C) groups is 1. The van der Waals surface area contributed by atoms with Gasteiger partial charge in [0.15, 0.2) is 5.96 Å². The molecule has 1 aliphatic rings. The van der Waals surface area contributed by atoms with Crippen molar-refractivity contribution in [1.29, 1.82) is 0 Å². The van der Waals surface area contributed by atoms with Gasteiger partial charge in [0.25, 0.3) is 6.43 Å². The van der Waals surface area contributed by atoms with E-state index in [0.717, 1.165) is 44.9 Å². The molecule has 0 aliphatic carbocycles. The van der Waals surface area contributed by atoms with E-state index in [1.807, 2.05) is 11.0 Å². The van der Waals surface area contributed by atoms with Gasteiger partial charge in [-0.25, -0.2) is 8.78 Å². The van der Waals surface area contributed by atoms with Crippen molar-refractivity contribution in [3.63, 3.8) is 0 Å². The van der Waals surface area contributed by atoms with Crippen molar-refractivity contribution in [2.75, 3.05) is 39.8 Å². The van der Waals surface area contributed by atoms with Crippen molar-refractivity contribution in [3.8, 4) is 0 Å². The third-order valence-corrected chi connectivity index (χ3v) is 5.51. The summed E-state index contributed by atoms with van der Waals surface area (Å²) in [5.41, 5.74) is 1.32. The number of hydrogen-bond acceptors (Lipinski definition) is 3. The van der Waals surface area contributed by atoms with Crippen LogP contribution in [0.4, 0.5) is 8.78 Å². The number of likely N-dealkylation sites (tertiary alicyclic amines) is 1. The van der Waals surface area contributed by atoms with Gasteiger partial charge >= 0.3 is 0 Å². The molecule has 1 saturated heterocycles. The Balaban J connectivity index is 0.00000450. The summed E-state index contributed by atoms with van der Waals surface area (Å²) in [5.74, 6) is 0.831. The lowest BCUT2D eigenvalue weighted by Gasteiger charge is -2.32. The molecule has 0 amide bonds. The van der Waals surface area contributed by atoms with E-state index < -0.39 is 6.43 Å². The summed E-state index contributed by atoms with van der Waals surface area (Å²) in [7, 11) is 2.15. The second kappa shape index (κ2) is 14.9. The van der Waals surface area contributed by atoms with Crippen LogP contribution in [0.3, 0.4) is 0 Å². The molecule has 1 aromatic carbocycles. The third kappa shape index (κ3) is 10.3. The number of piperidine rings is 1. The van der Waals surface area contributed by atoms with Gasteiger partial charge in [-0.15, -0.1) is 24.0 Å². The third-order valence-electron chi connectivity index (χ3n) is 5.51. The quantitative estimate of drug-likeness (QED) is 0.271. The fourth-order valence-corrected chi connectivity index (χ4v) is 3.58. The number of rotatable bonds is 10. The van der Waals surface area contributed by atoms with Crippen LogP contribution >= 0.6 is 24.0 Å².